The molecule has 1 amide bonds. The minimum atomic E-state index is -0.994. The highest BCUT2D eigenvalue weighted by Gasteiger charge is 2.17. The number of hydrogen-bond donors (Lipinski definition) is 2. The quantitative estimate of drug-likeness (QED) is 0.679. The van der Waals surface area contributed by atoms with E-state index in [-0.39, 0.29) is 28.6 Å². The van der Waals surface area contributed by atoms with Gasteiger partial charge in [-0.05, 0) is 24.1 Å². The van der Waals surface area contributed by atoms with Gasteiger partial charge in [-0.2, -0.15) is 5.10 Å². The third kappa shape index (κ3) is 4.06. The molecule has 2 heterocycles. The van der Waals surface area contributed by atoms with Gasteiger partial charge >= 0.3 is 5.97 Å². The number of hydrogen-bond acceptors (Lipinski definition) is 5. The molecule has 3 rings (SSSR count). The van der Waals surface area contributed by atoms with Gasteiger partial charge in [0.25, 0.3) is 11.5 Å². The summed E-state index contributed by atoms with van der Waals surface area (Å²) in [6.07, 6.45) is 0. The fraction of sp³-hybridized carbons (Fsp3) is 0.263. The Morgan fingerprint density at radius 1 is 1.19 bits per heavy atom. The Hall–Kier alpha value is -3.00. The predicted octanol–water partition coefficient (Wildman–Crippen LogP) is 2.74. The minimum Gasteiger partial charge on any atom is -0.477 e. The topological polar surface area (TPSA) is 101 Å². The molecule has 0 fully saturated rings. The summed E-state index contributed by atoms with van der Waals surface area (Å²) in [6.45, 7) is 4.55. The van der Waals surface area contributed by atoms with Crippen molar-refractivity contribution < 1.29 is 14.7 Å². The Morgan fingerprint density at radius 2 is 1.89 bits per heavy atom. The third-order valence-electron chi connectivity index (χ3n) is 3.92. The molecule has 0 saturated carbocycles. The van der Waals surface area contributed by atoms with E-state index in [1.54, 1.807) is 30.3 Å². The fourth-order valence-corrected chi connectivity index (χ4v) is 3.50. The third-order valence-corrected chi connectivity index (χ3v) is 4.99. The van der Waals surface area contributed by atoms with Gasteiger partial charge in [-0.25, -0.2) is 9.48 Å². The standard InChI is InChI=1S/C19H19N3O4S/c1-11(2)10-22-18(24)14-6-4-3-5-13(14)16(21-22)17(23)20-9-12-7-8-15(27-12)19(25)26/h3-8,11H,9-10H2,1-2H3,(H,20,23)(H,25,26). The zero-order valence-electron chi connectivity index (χ0n) is 14.9. The van der Waals surface area contributed by atoms with Crippen molar-refractivity contribution in [2.24, 2.45) is 5.92 Å². The van der Waals surface area contributed by atoms with Crippen LogP contribution >= 0.6 is 11.3 Å². The Labute approximate surface area is 159 Å². The van der Waals surface area contributed by atoms with Gasteiger partial charge in [0.2, 0.25) is 0 Å². The Bertz CT molecular complexity index is 1070. The van der Waals surface area contributed by atoms with Crippen molar-refractivity contribution in [3.05, 3.63) is 62.2 Å². The highest BCUT2D eigenvalue weighted by atomic mass is 32.1. The van der Waals surface area contributed by atoms with Crippen LogP contribution in [0, 0.1) is 5.92 Å². The molecule has 2 N–H and O–H groups in total. The van der Waals surface area contributed by atoms with Gasteiger partial charge in [0.15, 0.2) is 5.69 Å². The smallest absolute Gasteiger partial charge is 0.345 e. The number of carbonyl (C=O) groups excluding carboxylic acids is 1. The van der Waals surface area contributed by atoms with E-state index in [1.807, 2.05) is 13.8 Å². The molecule has 0 spiro atoms. The molecule has 0 aliphatic heterocycles. The first kappa shape index (κ1) is 18.8. The lowest BCUT2D eigenvalue weighted by Gasteiger charge is -2.12. The van der Waals surface area contributed by atoms with Crippen molar-refractivity contribution in [2.45, 2.75) is 26.9 Å². The lowest BCUT2D eigenvalue weighted by atomic mass is 10.1. The van der Waals surface area contributed by atoms with E-state index < -0.39 is 11.9 Å². The van der Waals surface area contributed by atoms with Gasteiger partial charge in [-0.15, -0.1) is 11.3 Å². The summed E-state index contributed by atoms with van der Waals surface area (Å²) >= 11 is 1.11. The number of thiophene rings is 1. The van der Waals surface area contributed by atoms with Crippen LogP contribution in [0.5, 0.6) is 0 Å². The Balaban J connectivity index is 1.91. The second-order valence-corrected chi connectivity index (χ2v) is 7.70. The van der Waals surface area contributed by atoms with Crippen LogP contribution in [-0.2, 0) is 13.1 Å². The molecule has 0 aliphatic carbocycles. The van der Waals surface area contributed by atoms with Crippen LogP contribution in [0.2, 0.25) is 0 Å². The normalized spacial score (nSPS) is 11.1. The molecule has 0 bridgehead atoms. The van der Waals surface area contributed by atoms with Crippen molar-refractivity contribution in [1.29, 1.82) is 0 Å². The van der Waals surface area contributed by atoms with Crippen LogP contribution in [-0.4, -0.2) is 26.8 Å². The summed E-state index contributed by atoms with van der Waals surface area (Å²) < 4.78 is 1.33. The molecular weight excluding hydrogens is 366 g/mol. The minimum absolute atomic E-state index is 0.181. The van der Waals surface area contributed by atoms with Crippen molar-refractivity contribution in [1.82, 2.24) is 15.1 Å². The predicted molar refractivity (Wildman–Crippen MR) is 103 cm³/mol. The molecule has 140 valence electrons. The molecule has 27 heavy (non-hydrogen) atoms. The number of rotatable bonds is 6. The van der Waals surface area contributed by atoms with Crippen molar-refractivity contribution >= 4 is 34.0 Å². The second kappa shape index (κ2) is 7.71. The SMILES string of the molecule is CC(C)Cn1nc(C(=O)NCc2ccc(C(=O)O)s2)c2ccccc2c1=O. The zero-order chi connectivity index (χ0) is 19.6. The van der Waals surface area contributed by atoms with Gasteiger partial charge in [0.05, 0.1) is 11.9 Å². The summed E-state index contributed by atoms with van der Waals surface area (Å²) in [7, 11) is 0. The largest absolute Gasteiger partial charge is 0.477 e. The molecule has 1 aromatic carbocycles. The maximum absolute atomic E-state index is 12.7. The molecule has 0 atom stereocenters. The number of benzene rings is 1. The number of aromatic nitrogens is 2. The first-order valence-electron chi connectivity index (χ1n) is 8.47. The number of nitrogens with zero attached hydrogens (tertiary/aromatic N) is 2. The summed E-state index contributed by atoms with van der Waals surface area (Å²) in [6, 6.07) is 10.1. The van der Waals surface area contributed by atoms with E-state index in [0.29, 0.717) is 17.3 Å². The molecule has 0 saturated heterocycles. The van der Waals surface area contributed by atoms with Crippen LogP contribution < -0.4 is 10.9 Å². The van der Waals surface area contributed by atoms with Crippen LogP contribution in [0.3, 0.4) is 0 Å². The first-order valence-corrected chi connectivity index (χ1v) is 9.28. The number of nitrogens with one attached hydrogen (secondary N) is 1. The van der Waals surface area contributed by atoms with E-state index in [4.69, 9.17) is 5.11 Å². The number of aromatic carboxylic acids is 1. The number of carboxylic acids is 1. The summed E-state index contributed by atoms with van der Waals surface area (Å²) in [5, 5.41) is 17.0. The molecule has 0 unspecified atom stereocenters. The lowest BCUT2D eigenvalue weighted by molar-refractivity contribution is 0.0702. The van der Waals surface area contributed by atoms with Crippen molar-refractivity contribution in [3.63, 3.8) is 0 Å². The van der Waals surface area contributed by atoms with E-state index in [9.17, 15) is 14.4 Å². The maximum atomic E-state index is 12.7. The molecule has 0 aliphatic rings. The maximum Gasteiger partial charge on any atom is 0.345 e. The number of carboxylic acid groups (broad SMARTS) is 1. The number of fused-ring (bicyclic) bond motifs is 1. The first-order chi connectivity index (χ1) is 12.9. The van der Waals surface area contributed by atoms with Crippen LogP contribution in [0.25, 0.3) is 10.8 Å². The van der Waals surface area contributed by atoms with Gasteiger partial charge in [0.1, 0.15) is 4.88 Å². The average Bonchev–Trinajstić information content (AvgIpc) is 3.11. The van der Waals surface area contributed by atoms with E-state index in [1.165, 1.54) is 10.7 Å². The Morgan fingerprint density at radius 3 is 2.52 bits per heavy atom. The number of amides is 1. The summed E-state index contributed by atoms with van der Waals surface area (Å²) in [5.41, 5.74) is -0.0407. The zero-order valence-corrected chi connectivity index (χ0v) is 15.7. The van der Waals surface area contributed by atoms with Crippen molar-refractivity contribution in [2.75, 3.05) is 0 Å². The number of carbonyl (C=O) groups is 2. The molecule has 0 radical (unpaired) electrons. The van der Waals surface area contributed by atoms with Crippen LogP contribution in [0.1, 0.15) is 38.9 Å². The summed E-state index contributed by atoms with van der Waals surface area (Å²) in [4.78, 5) is 37.2. The monoisotopic (exact) mass is 385 g/mol. The van der Waals surface area contributed by atoms with Gasteiger partial charge in [-0.3, -0.25) is 9.59 Å². The highest BCUT2D eigenvalue weighted by Crippen LogP contribution is 2.17. The van der Waals surface area contributed by atoms with Crippen LogP contribution in [0.15, 0.2) is 41.2 Å². The van der Waals surface area contributed by atoms with E-state index in [2.05, 4.69) is 10.4 Å². The molecule has 7 nitrogen and oxygen atoms in total. The molecule has 3 aromatic rings. The van der Waals surface area contributed by atoms with Crippen LogP contribution in [0.4, 0.5) is 0 Å². The molecule has 8 heteroatoms. The lowest BCUT2D eigenvalue weighted by Crippen LogP contribution is -2.31. The fourth-order valence-electron chi connectivity index (χ4n) is 2.71. The van der Waals surface area contributed by atoms with Gasteiger partial charge in [0, 0.05) is 16.8 Å². The van der Waals surface area contributed by atoms with E-state index in [0.717, 1.165) is 16.2 Å². The van der Waals surface area contributed by atoms with Crippen molar-refractivity contribution in [3.8, 4) is 0 Å². The van der Waals surface area contributed by atoms with E-state index >= 15 is 0 Å². The Kier molecular flexibility index (Phi) is 5.36. The second-order valence-electron chi connectivity index (χ2n) is 6.53. The van der Waals surface area contributed by atoms with Gasteiger partial charge in [-0.1, -0.05) is 32.0 Å². The average molecular weight is 385 g/mol. The highest BCUT2D eigenvalue weighted by molar-refractivity contribution is 7.13. The van der Waals surface area contributed by atoms with Gasteiger partial charge < -0.3 is 10.4 Å². The summed E-state index contributed by atoms with van der Waals surface area (Å²) in [5.74, 6) is -1.20. The molecule has 2 aromatic heterocycles. The molecular formula is C19H19N3O4S.